The smallest absolute Gasteiger partial charge is 0.195 e. The van der Waals surface area contributed by atoms with E-state index in [0.29, 0.717) is 0 Å². The summed E-state index contributed by atoms with van der Waals surface area (Å²) in [6.45, 7) is 1.77. The van der Waals surface area contributed by atoms with Gasteiger partial charge in [0.05, 0.1) is 27.5 Å². The maximum Gasteiger partial charge on any atom is 0.195 e. The van der Waals surface area contributed by atoms with Gasteiger partial charge in [0.25, 0.3) is 0 Å². The van der Waals surface area contributed by atoms with E-state index in [1.54, 1.807) is 11.3 Å². The molecule has 24 heavy (non-hydrogen) atoms. The largest absolute Gasteiger partial charge is 0.368 e. The van der Waals surface area contributed by atoms with Crippen molar-refractivity contribution in [2.75, 3.05) is 13.1 Å². The number of benzene rings is 2. The van der Waals surface area contributed by atoms with Gasteiger partial charge in [-0.3, -0.25) is 9.39 Å². The van der Waals surface area contributed by atoms with Crippen LogP contribution in [0.2, 0.25) is 5.02 Å². The van der Waals surface area contributed by atoms with Crippen molar-refractivity contribution in [3.05, 3.63) is 59.2 Å². The van der Waals surface area contributed by atoms with E-state index in [0.717, 1.165) is 55.9 Å². The molecule has 0 amide bonds. The van der Waals surface area contributed by atoms with Crippen molar-refractivity contribution < 1.29 is 0 Å². The topological polar surface area (TPSA) is 41.7 Å². The molecule has 118 valence electrons. The molecule has 1 N–H and O–H groups in total. The van der Waals surface area contributed by atoms with Crippen LogP contribution in [0.25, 0.3) is 26.4 Å². The van der Waals surface area contributed by atoms with Crippen LogP contribution in [0.4, 0.5) is 0 Å². The van der Waals surface area contributed by atoms with E-state index in [-0.39, 0.29) is 0 Å². The summed E-state index contributed by atoms with van der Waals surface area (Å²) in [4.78, 5) is 10.2. The van der Waals surface area contributed by atoms with Crippen LogP contribution >= 0.6 is 22.9 Å². The molecule has 4 nitrogen and oxygen atoms in total. The third-order valence-corrected chi connectivity index (χ3v) is 5.52. The molecule has 3 heterocycles. The first-order valence-corrected chi connectivity index (χ1v) is 8.94. The van der Waals surface area contributed by atoms with Gasteiger partial charge in [0, 0.05) is 23.9 Å². The molecule has 2 aromatic carbocycles. The average molecular weight is 353 g/mol. The second-order valence-corrected chi connectivity index (χ2v) is 7.12. The Morgan fingerprint density at radius 3 is 2.71 bits per heavy atom. The maximum atomic E-state index is 6.36. The monoisotopic (exact) mass is 352 g/mol. The van der Waals surface area contributed by atoms with Gasteiger partial charge in [-0.15, -0.1) is 0 Å². The molecule has 0 bridgehead atoms. The van der Waals surface area contributed by atoms with Gasteiger partial charge < -0.3 is 5.32 Å². The molecule has 0 spiro atoms. The lowest BCUT2D eigenvalue weighted by molar-refractivity contribution is 0.960. The van der Waals surface area contributed by atoms with Gasteiger partial charge in [0.2, 0.25) is 0 Å². The Hall–Kier alpha value is -2.37. The predicted molar refractivity (Wildman–Crippen MR) is 100 cm³/mol. The molecule has 1 aliphatic rings. The third kappa shape index (κ3) is 2.12. The third-order valence-electron chi connectivity index (χ3n) is 4.19. The first-order valence-electron chi connectivity index (χ1n) is 7.75. The number of hydrogen-bond donors (Lipinski definition) is 1. The van der Waals surface area contributed by atoms with E-state index in [1.807, 2.05) is 12.1 Å². The number of imidazole rings is 1. The summed E-state index contributed by atoms with van der Waals surface area (Å²) in [5.41, 5.74) is 4.19. The summed E-state index contributed by atoms with van der Waals surface area (Å²) in [6.07, 6.45) is 2.06. The summed E-state index contributed by atoms with van der Waals surface area (Å²) in [6, 6.07) is 14.3. The van der Waals surface area contributed by atoms with Crippen LogP contribution in [0.15, 0.2) is 53.7 Å². The average Bonchev–Trinajstić information content (AvgIpc) is 3.31. The molecule has 0 radical (unpaired) electrons. The first-order chi connectivity index (χ1) is 11.8. The number of para-hydroxylation sites is 1. The van der Waals surface area contributed by atoms with Crippen molar-refractivity contribution in [3.63, 3.8) is 0 Å². The summed E-state index contributed by atoms with van der Waals surface area (Å²) < 4.78 is 3.23. The number of aromatic nitrogens is 2. The van der Waals surface area contributed by atoms with Crippen molar-refractivity contribution in [1.29, 1.82) is 0 Å². The van der Waals surface area contributed by atoms with Gasteiger partial charge in [0.15, 0.2) is 4.96 Å². The molecule has 0 saturated heterocycles. The molecular weight excluding hydrogens is 340 g/mol. The van der Waals surface area contributed by atoms with E-state index in [4.69, 9.17) is 16.6 Å². The molecule has 0 fully saturated rings. The highest BCUT2D eigenvalue weighted by Crippen LogP contribution is 2.33. The number of rotatable bonds is 2. The highest BCUT2D eigenvalue weighted by Gasteiger charge is 2.13. The number of aliphatic imine (C=N–C) groups is 1. The minimum atomic E-state index is 0.753. The van der Waals surface area contributed by atoms with Gasteiger partial charge in [0.1, 0.15) is 5.84 Å². The SMILES string of the molecule is Clc1cccc2sc3nc(-c4ccc(C5=NCCN5)cc4)cn3c12. The maximum absolute atomic E-state index is 6.36. The Morgan fingerprint density at radius 1 is 1.08 bits per heavy atom. The van der Waals surface area contributed by atoms with Crippen LogP contribution in [0, 0.1) is 0 Å². The minimum Gasteiger partial charge on any atom is -0.368 e. The number of halogens is 1. The molecule has 0 aliphatic carbocycles. The number of nitrogens with zero attached hydrogens (tertiary/aromatic N) is 3. The van der Waals surface area contributed by atoms with Crippen molar-refractivity contribution >= 4 is 44.0 Å². The van der Waals surface area contributed by atoms with Crippen molar-refractivity contribution in [3.8, 4) is 11.3 Å². The zero-order valence-electron chi connectivity index (χ0n) is 12.7. The molecule has 2 aromatic heterocycles. The number of amidine groups is 1. The van der Waals surface area contributed by atoms with Crippen LogP contribution in [0.1, 0.15) is 5.56 Å². The number of hydrogen-bond acceptors (Lipinski definition) is 4. The summed E-state index contributed by atoms with van der Waals surface area (Å²) in [7, 11) is 0. The van der Waals surface area contributed by atoms with Crippen LogP contribution < -0.4 is 5.32 Å². The summed E-state index contributed by atoms with van der Waals surface area (Å²) in [5.74, 6) is 0.977. The molecule has 5 rings (SSSR count). The highest BCUT2D eigenvalue weighted by molar-refractivity contribution is 7.23. The molecule has 0 atom stereocenters. The van der Waals surface area contributed by atoms with E-state index in [9.17, 15) is 0 Å². The number of fused-ring (bicyclic) bond motifs is 3. The zero-order chi connectivity index (χ0) is 16.1. The highest BCUT2D eigenvalue weighted by atomic mass is 35.5. The Bertz CT molecular complexity index is 1090. The Labute approximate surface area is 147 Å². The summed E-state index contributed by atoms with van der Waals surface area (Å²) >= 11 is 8.02. The van der Waals surface area contributed by atoms with Crippen molar-refractivity contribution in [2.45, 2.75) is 0 Å². The van der Waals surface area contributed by atoms with Gasteiger partial charge in [-0.25, -0.2) is 4.98 Å². The normalized spacial score (nSPS) is 14.3. The van der Waals surface area contributed by atoms with Crippen LogP contribution in [-0.4, -0.2) is 28.3 Å². The zero-order valence-corrected chi connectivity index (χ0v) is 14.2. The summed E-state index contributed by atoms with van der Waals surface area (Å²) in [5, 5.41) is 4.05. The van der Waals surface area contributed by atoms with Crippen LogP contribution in [0.3, 0.4) is 0 Å². The molecule has 0 unspecified atom stereocenters. The number of nitrogens with one attached hydrogen (secondary N) is 1. The van der Waals surface area contributed by atoms with Gasteiger partial charge in [-0.1, -0.05) is 53.3 Å². The Kier molecular flexibility index (Phi) is 3.11. The lowest BCUT2D eigenvalue weighted by atomic mass is 10.1. The lowest BCUT2D eigenvalue weighted by Crippen LogP contribution is -2.19. The quantitative estimate of drug-likeness (QED) is 0.587. The first kappa shape index (κ1) is 14.0. The van der Waals surface area contributed by atoms with E-state index in [2.05, 4.69) is 51.2 Å². The van der Waals surface area contributed by atoms with Crippen molar-refractivity contribution in [2.24, 2.45) is 4.99 Å². The second-order valence-electron chi connectivity index (χ2n) is 5.70. The second kappa shape index (κ2) is 5.33. The van der Waals surface area contributed by atoms with Gasteiger partial charge in [-0.2, -0.15) is 0 Å². The Morgan fingerprint density at radius 2 is 1.92 bits per heavy atom. The van der Waals surface area contributed by atoms with Crippen molar-refractivity contribution in [1.82, 2.24) is 14.7 Å². The Balaban J connectivity index is 1.59. The van der Waals surface area contributed by atoms with Crippen LogP contribution in [-0.2, 0) is 0 Å². The van der Waals surface area contributed by atoms with E-state index < -0.39 is 0 Å². The van der Waals surface area contributed by atoms with Crippen LogP contribution in [0.5, 0.6) is 0 Å². The molecule has 6 heteroatoms. The fourth-order valence-electron chi connectivity index (χ4n) is 3.03. The standard InChI is InChI=1S/C18H13ClN4S/c19-13-2-1-3-15-16(13)23-10-14(22-18(23)24-15)11-4-6-12(7-5-11)17-20-8-9-21-17/h1-7,10H,8-9H2,(H,20,21). The fourth-order valence-corrected chi connectivity index (χ4v) is 4.39. The molecule has 4 aromatic rings. The molecule has 0 saturated carbocycles. The van der Waals surface area contributed by atoms with Gasteiger partial charge in [-0.05, 0) is 12.1 Å². The van der Waals surface area contributed by atoms with Gasteiger partial charge >= 0.3 is 0 Å². The molecular formula is C18H13ClN4S. The number of thiazole rings is 1. The lowest BCUT2D eigenvalue weighted by Gasteiger charge is -2.03. The predicted octanol–water partition coefficient (Wildman–Crippen LogP) is 4.22. The van der Waals surface area contributed by atoms with E-state index >= 15 is 0 Å². The molecule has 1 aliphatic heterocycles. The van der Waals surface area contributed by atoms with E-state index in [1.165, 1.54) is 0 Å². The fraction of sp³-hybridized carbons (Fsp3) is 0.111. The minimum absolute atomic E-state index is 0.753.